The summed E-state index contributed by atoms with van der Waals surface area (Å²) in [4.78, 5) is 35.2. The van der Waals surface area contributed by atoms with Gasteiger partial charge >= 0.3 is 12.1 Å². The molecule has 0 saturated carbocycles. The van der Waals surface area contributed by atoms with E-state index in [1.165, 1.54) is 0 Å². The molecule has 9 heteroatoms. The highest BCUT2D eigenvalue weighted by Gasteiger charge is 2.36. The third kappa shape index (κ3) is 3.06. The van der Waals surface area contributed by atoms with E-state index in [0.717, 1.165) is 11.0 Å². The highest BCUT2D eigenvalue weighted by atomic mass is 19.4. The molecule has 1 aromatic heterocycles. The van der Waals surface area contributed by atoms with E-state index in [2.05, 4.69) is 0 Å². The number of amides is 1. The second-order valence-corrected chi connectivity index (χ2v) is 4.62. The monoisotopic (exact) mass is 304 g/mol. The summed E-state index contributed by atoms with van der Waals surface area (Å²) in [6, 6.07) is 0.294. The van der Waals surface area contributed by atoms with Gasteiger partial charge in [-0.25, -0.2) is 0 Å². The molecule has 1 aliphatic heterocycles. The van der Waals surface area contributed by atoms with Gasteiger partial charge in [-0.3, -0.25) is 14.4 Å². The molecule has 1 amide bonds. The summed E-state index contributed by atoms with van der Waals surface area (Å²) < 4.78 is 38.6. The minimum absolute atomic E-state index is 0.0818. The minimum atomic E-state index is -4.63. The Bertz CT molecular complexity index is 638. The molecule has 114 valence electrons. The Morgan fingerprint density at radius 3 is 2.57 bits per heavy atom. The van der Waals surface area contributed by atoms with Gasteiger partial charge in [0.1, 0.15) is 12.6 Å². The van der Waals surface area contributed by atoms with Gasteiger partial charge in [0.05, 0.1) is 5.56 Å². The van der Waals surface area contributed by atoms with Crippen LogP contribution in [-0.4, -0.2) is 39.5 Å². The number of hydrogen-bond acceptors (Lipinski definition) is 3. The normalized spacial score (nSPS) is 19.1. The van der Waals surface area contributed by atoms with Crippen molar-refractivity contribution in [3.63, 3.8) is 0 Å². The first-order chi connectivity index (χ1) is 9.70. The molecule has 0 radical (unpaired) electrons. The Kier molecular flexibility index (Phi) is 3.75. The molecule has 1 N–H and O–H groups in total. The van der Waals surface area contributed by atoms with Crippen LogP contribution in [0, 0.1) is 0 Å². The van der Waals surface area contributed by atoms with Crippen LogP contribution in [0.3, 0.4) is 0 Å². The Balaban J connectivity index is 2.33. The number of carboxylic acid groups (broad SMARTS) is 1. The van der Waals surface area contributed by atoms with Crippen LogP contribution in [0.2, 0.25) is 0 Å². The van der Waals surface area contributed by atoms with Crippen LogP contribution < -0.4 is 5.56 Å². The van der Waals surface area contributed by atoms with E-state index < -0.39 is 41.8 Å². The van der Waals surface area contributed by atoms with Crippen molar-refractivity contribution in [2.45, 2.75) is 18.6 Å². The van der Waals surface area contributed by atoms with Crippen LogP contribution in [0.1, 0.15) is 18.0 Å². The SMILES string of the molecule is O=C(O)CN1CCC(n2cc(C(F)(F)F)ccc2=O)C1=O. The number of aromatic nitrogens is 1. The summed E-state index contributed by atoms with van der Waals surface area (Å²) in [6.45, 7) is -0.457. The lowest BCUT2D eigenvalue weighted by Crippen LogP contribution is -2.35. The van der Waals surface area contributed by atoms with Crippen molar-refractivity contribution in [2.75, 3.05) is 13.1 Å². The molecular formula is C12H11F3N2O4. The van der Waals surface area contributed by atoms with Crippen LogP contribution in [0.4, 0.5) is 13.2 Å². The lowest BCUT2D eigenvalue weighted by atomic mass is 10.2. The van der Waals surface area contributed by atoms with Gasteiger partial charge in [-0.05, 0) is 12.5 Å². The number of aliphatic carboxylic acids is 1. The predicted molar refractivity (Wildman–Crippen MR) is 63.6 cm³/mol. The summed E-state index contributed by atoms with van der Waals surface area (Å²) in [5.74, 6) is -1.89. The zero-order chi connectivity index (χ0) is 15.8. The van der Waals surface area contributed by atoms with E-state index in [4.69, 9.17) is 5.11 Å². The van der Waals surface area contributed by atoms with Gasteiger partial charge in [0.25, 0.3) is 5.56 Å². The van der Waals surface area contributed by atoms with Crippen molar-refractivity contribution in [1.29, 1.82) is 0 Å². The van der Waals surface area contributed by atoms with E-state index in [1.807, 2.05) is 0 Å². The number of rotatable bonds is 3. The molecule has 1 unspecified atom stereocenters. The quantitative estimate of drug-likeness (QED) is 0.892. The number of halogens is 3. The maximum Gasteiger partial charge on any atom is 0.417 e. The van der Waals surface area contributed by atoms with Crippen LogP contribution in [0.5, 0.6) is 0 Å². The molecule has 21 heavy (non-hydrogen) atoms. The average Bonchev–Trinajstić information content (AvgIpc) is 2.70. The van der Waals surface area contributed by atoms with E-state index in [1.54, 1.807) is 0 Å². The maximum atomic E-state index is 12.6. The highest BCUT2D eigenvalue weighted by molar-refractivity contribution is 5.86. The maximum absolute atomic E-state index is 12.6. The van der Waals surface area contributed by atoms with Crippen LogP contribution in [-0.2, 0) is 15.8 Å². The van der Waals surface area contributed by atoms with Crippen LogP contribution in [0.15, 0.2) is 23.1 Å². The number of carboxylic acids is 1. The summed E-state index contributed by atoms with van der Waals surface area (Å²) in [5.41, 5.74) is -1.77. The Hall–Kier alpha value is -2.32. The topological polar surface area (TPSA) is 79.6 Å². The molecule has 6 nitrogen and oxygen atoms in total. The summed E-state index contributed by atoms with van der Waals surface area (Å²) in [7, 11) is 0. The molecule has 0 aromatic carbocycles. The molecule has 1 aromatic rings. The van der Waals surface area contributed by atoms with Crippen molar-refractivity contribution in [3.8, 4) is 0 Å². The predicted octanol–water partition coefficient (Wildman–Crippen LogP) is 0.725. The highest BCUT2D eigenvalue weighted by Crippen LogP contribution is 2.30. The van der Waals surface area contributed by atoms with Crippen LogP contribution >= 0.6 is 0 Å². The minimum Gasteiger partial charge on any atom is -0.480 e. The number of carbonyl (C=O) groups excluding carboxylic acids is 1. The first kappa shape index (κ1) is 15.1. The smallest absolute Gasteiger partial charge is 0.417 e. The molecule has 1 atom stereocenters. The zero-order valence-electron chi connectivity index (χ0n) is 10.6. The van der Waals surface area contributed by atoms with E-state index in [-0.39, 0.29) is 13.0 Å². The summed E-state index contributed by atoms with van der Waals surface area (Å²) in [5, 5.41) is 8.64. The number of carbonyl (C=O) groups is 2. The Morgan fingerprint density at radius 2 is 2.00 bits per heavy atom. The molecule has 0 aliphatic carbocycles. The standard InChI is InChI=1S/C12H11F3N2O4/c13-12(14,15)7-1-2-9(18)17(5-7)8-3-4-16(11(8)21)6-10(19)20/h1-2,5,8H,3-4,6H2,(H,19,20). The number of likely N-dealkylation sites (tertiary alicyclic amines) is 1. The van der Waals surface area contributed by atoms with Crippen molar-refractivity contribution in [1.82, 2.24) is 9.47 Å². The first-order valence-corrected chi connectivity index (χ1v) is 6.00. The fourth-order valence-electron chi connectivity index (χ4n) is 2.22. The number of alkyl halides is 3. The van der Waals surface area contributed by atoms with E-state index in [9.17, 15) is 27.6 Å². The third-order valence-electron chi connectivity index (χ3n) is 3.20. The molecule has 1 saturated heterocycles. The van der Waals surface area contributed by atoms with Gasteiger partial charge in [-0.15, -0.1) is 0 Å². The Labute approximate surface area is 116 Å². The molecule has 2 rings (SSSR count). The van der Waals surface area contributed by atoms with Crippen molar-refractivity contribution >= 4 is 11.9 Å². The van der Waals surface area contributed by atoms with Gasteiger partial charge in [0.15, 0.2) is 0 Å². The van der Waals surface area contributed by atoms with E-state index in [0.29, 0.717) is 16.8 Å². The van der Waals surface area contributed by atoms with Crippen molar-refractivity contribution in [2.24, 2.45) is 0 Å². The average molecular weight is 304 g/mol. The van der Waals surface area contributed by atoms with Gasteiger partial charge in [0, 0.05) is 18.8 Å². The molecule has 1 aliphatic rings. The van der Waals surface area contributed by atoms with Gasteiger partial charge in [-0.2, -0.15) is 13.2 Å². The lowest BCUT2D eigenvalue weighted by molar-refractivity contribution is -0.143. The van der Waals surface area contributed by atoms with Crippen molar-refractivity contribution < 1.29 is 27.9 Å². The number of nitrogens with zero attached hydrogens (tertiary/aromatic N) is 2. The van der Waals surface area contributed by atoms with Crippen LogP contribution in [0.25, 0.3) is 0 Å². The summed E-state index contributed by atoms with van der Waals surface area (Å²) >= 11 is 0. The molecular weight excluding hydrogens is 293 g/mol. The summed E-state index contributed by atoms with van der Waals surface area (Å²) in [6.07, 6.45) is -3.94. The second-order valence-electron chi connectivity index (χ2n) is 4.62. The number of pyridine rings is 1. The second kappa shape index (κ2) is 5.23. The van der Waals surface area contributed by atoms with Gasteiger partial charge < -0.3 is 14.6 Å². The zero-order valence-corrected chi connectivity index (χ0v) is 10.6. The Morgan fingerprint density at radius 1 is 1.33 bits per heavy atom. The van der Waals surface area contributed by atoms with Gasteiger partial charge in [-0.1, -0.05) is 0 Å². The molecule has 1 fully saturated rings. The third-order valence-corrected chi connectivity index (χ3v) is 3.20. The first-order valence-electron chi connectivity index (χ1n) is 6.00. The fourth-order valence-corrected chi connectivity index (χ4v) is 2.22. The largest absolute Gasteiger partial charge is 0.480 e. The van der Waals surface area contributed by atoms with E-state index >= 15 is 0 Å². The van der Waals surface area contributed by atoms with Crippen molar-refractivity contribution in [3.05, 3.63) is 34.2 Å². The van der Waals surface area contributed by atoms with Gasteiger partial charge in [0.2, 0.25) is 5.91 Å². The molecule has 2 heterocycles. The fraction of sp³-hybridized carbons (Fsp3) is 0.417. The molecule has 0 bridgehead atoms. The molecule has 0 spiro atoms. The lowest BCUT2D eigenvalue weighted by Gasteiger charge is -2.16. The number of hydrogen-bond donors (Lipinski definition) is 1.